The lowest BCUT2D eigenvalue weighted by atomic mass is 10.0. The van der Waals surface area contributed by atoms with Crippen LogP contribution in [0.2, 0.25) is 0 Å². The second-order valence-corrected chi connectivity index (χ2v) is 6.25. The van der Waals surface area contributed by atoms with Crippen molar-refractivity contribution in [3.8, 4) is 0 Å². The van der Waals surface area contributed by atoms with Gasteiger partial charge in [0, 0.05) is 36.9 Å². The Morgan fingerprint density at radius 3 is 2.86 bits per heavy atom. The highest BCUT2D eigenvalue weighted by atomic mass is 16.2. The van der Waals surface area contributed by atoms with Crippen molar-refractivity contribution in [1.29, 1.82) is 0 Å². The van der Waals surface area contributed by atoms with Crippen molar-refractivity contribution in [2.75, 3.05) is 13.1 Å². The van der Waals surface area contributed by atoms with Crippen molar-refractivity contribution in [2.45, 2.75) is 57.0 Å². The third-order valence-corrected chi connectivity index (χ3v) is 4.46. The number of pyridine rings is 1. The lowest BCUT2D eigenvalue weighted by Gasteiger charge is -2.31. The molecule has 1 saturated carbocycles. The first-order valence-electron chi connectivity index (χ1n) is 8.25. The second-order valence-electron chi connectivity index (χ2n) is 6.25. The number of carbonyl (C=O) groups is 1. The van der Waals surface area contributed by atoms with Gasteiger partial charge in [-0.05, 0) is 50.8 Å². The Morgan fingerprint density at radius 2 is 2.19 bits per heavy atom. The van der Waals surface area contributed by atoms with Crippen molar-refractivity contribution >= 4 is 5.91 Å². The molecule has 1 saturated heterocycles. The summed E-state index contributed by atoms with van der Waals surface area (Å²) in [6.45, 7) is 2.00. The summed E-state index contributed by atoms with van der Waals surface area (Å²) in [5.74, 6) is 0.301. The van der Waals surface area contributed by atoms with Crippen molar-refractivity contribution in [3.63, 3.8) is 0 Å². The third-order valence-electron chi connectivity index (χ3n) is 4.46. The van der Waals surface area contributed by atoms with E-state index in [0.29, 0.717) is 24.4 Å². The predicted octanol–water partition coefficient (Wildman–Crippen LogP) is 2.15. The lowest BCUT2D eigenvalue weighted by Crippen LogP contribution is -2.46. The van der Waals surface area contributed by atoms with Gasteiger partial charge in [0.1, 0.15) is 0 Å². The molecule has 1 N–H and O–H groups in total. The monoisotopic (exact) mass is 287 g/mol. The second kappa shape index (κ2) is 7.03. The van der Waals surface area contributed by atoms with Gasteiger partial charge in [0.05, 0.1) is 0 Å². The highest BCUT2D eigenvalue weighted by molar-refractivity contribution is 5.77. The van der Waals surface area contributed by atoms with E-state index >= 15 is 0 Å². The maximum Gasteiger partial charge on any atom is 0.223 e. The molecule has 1 aromatic rings. The van der Waals surface area contributed by atoms with Crippen LogP contribution in [0, 0.1) is 0 Å². The molecule has 0 aromatic carbocycles. The molecule has 1 amide bonds. The number of hydrogen-bond donors (Lipinski definition) is 1. The number of aryl methyl sites for hydroxylation is 1. The maximum atomic E-state index is 12.5. The van der Waals surface area contributed by atoms with Gasteiger partial charge in [-0.2, -0.15) is 0 Å². The summed E-state index contributed by atoms with van der Waals surface area (Å²) in [5, 5.41) is 3.55. The van der Waals surface area contributed by atoms with Crippen LogP contribution in [0.25, 0.3) is 0 Å². The average molecular weight is 287 g/mol. The van der Waals surface area contributed by atoms with Crippen LogP contribution in [0.15, 0.2) is 24.4 Å². The largest absolute Gasteiger partial charge is 0.338 e. The topological polar surface area (TPSA) is 45.2 Å². The molecule has 114 valence electrons. The van der Waals surface area contributed by atoms with Gasteiger partial charge in [-0.25, -0.2) is 0 Å². The first-order chi connectivity index (χ1) is 10.3. The van der Waals surface area contributed by atoms with Crippen molar-refractivity contribution in [3.05, 3.63) is 30.1 Å². The van der Waals surface area contributed by atoms with E-state index < -0.39 is 0 Å². The minimum Gasteiger partial charge on any atom is -0.338 e. The highest BCUT2D eigenvalue weighted by Crippen LogP contribution is 2.28. The Kier molecular flexibility index (Phi) is 4.86. The van der Waals surface area contributed by atoms with Crippen LogP contribution in [-0.2, 0) is 11.2 Å². The first kappa shape index (κ1) is 14.5. The van der Waals surface area contributed by atoms with Crippen LogP contribution >= 0.6 is 0 Å². The van der Waals surface area contributed by atoms with Gasteiger partial charge >= 0.3 is 0 Å². The van der Waals surface area contributed by atoms with E-state index in [-0.39, 0.29) is 0 Å². The van der Waals surface area contributed by atoms with E-state index in [2.05, 4.69) is 15.2 Å². The fraction of sp³-hybridized carbons (Fsp3) is 0.647. The number of hydrogen-bond acceptors (Lipinski definition) is 3. The standard InChI is InChI=1S/C17H25N3O/c21-17(10-7-14-5-1-3-11-18-14)20(16-8-9-16)13-15-6-2-4-12-19-15/h1,3,5,11,15-16,19H,2,4,6-10,12-13H2. The Labute approximate surface area is 126 Å². The number of amides is 1. The average Bonchev–Trinajstić information content (AvgIpc) is 3.37. The molecule has 3 rings (SSSR count). The van der Waals surface area contributed by atoms with Crippen molar-refractivity contribution in [2.24, 2.45) is 0 Å². The van der Waals surface area contributed by atoms with Gasteiger partial charge in [-0.3, -0.25) is 9.78 Å². The zero-order chi connectivity index (χ0) is 14.5. The molecule has 0 spiro atoms. The summed E-state index contributed by atoms with van der Waals surface area (Å²) in [6, 6.07) is 6.90. The number of piperidine rings is 1. The molecule has 4 nitrogen and oxygen atoms in total. The number of nitrogens with zero attached hydrogens (tertiary/aromatic N) is 2. The van der Waals surface area contributed by atoms with Gasteiger partial charge in [-0.15, -0.1) is 0 Å². The first-order valence-corrected chi connectivity index (χ1v) is 8.25. The molecular formula is C17H25N3O. The van der Waals surface area contributed by atoms with Gasteiger partial charge in [-0.1, -0.05) is 12.5 Å². The van der Waals surface area contributed by atoms with E-state index in [4.69, 9.17) is 0 Å². The number of rotatable bonds is 6. The lowest BCUT2D eigenvalue weighted by molar-refractivity contribution is -0.132. The van der Waals surface area contributed by atoms with Gasteiger partial charge in [0.25, 0.3) is 0 Å². The van der Waals surface area contributed by atoms with E-state index in [1.165, 1.54) is 32.1 Å². The molecule has 1 unspecified atom stereocenters. The minimum absolute atomic E-state index is 0.301. The Bertz CT molecular complexity index is 452. The smallest absolute Gasteiger partial charge is 0.223 e. The molecule has 4 heteroatoms. The molecule has 1 aromatic heterocycles. The molecular weight excluding hydrogens is 262 g/mol. The molecule has 0 radical (unpaired) electrons. The van der Waals surface area contributed by atoms with E-state index in [1.54, 1.807) is 6.20 Å². The molecule has 1 aliphatic heterocycles. The summed E-state index contributed by atoms with van der Waals surface area (Å²) in [7, 11) is 0. The normalized spacial score (nSPS) is 22.0. The fourth-order valence-electron chi connectivity index (χ4n) is 3.08. The van der Waals surface area contributed by atoms with Gasteiger partial charge in [0.15, 0.2) is 0 Å². The number of carbonyl (C=O) groups excluding carboxylic acids is 1. The molecule has 2 fully saturated rings. The zero-order valence-corrected chi connectivity index (χ0v) is 12.6. The van der Waals surface area contributed by atoms with Crippen LogP contribution in [0.3, 0.4) is 0 Å². The van der Waals surface area contributed by atoms with Crippen LogP contribution in [0.1, 0.15) is 44.2 Å². The molecule has 2 heterocycles. The van der Waals surface area contributed by atoms with Gasteiger partial charge < -0.3 is 10.2 Å². The van der Waals surface area contributed by atoms with Crippen LogP contribution < -0.4 is 5.32 Å². The zero-order valence-electron chi connectivity index (χ0n) is 12.6. The Balaban J connectivity index is 1.52. The summed E-state index contributed by atoms with van der Waals surface area (Å²) >= 11 is 0. The maximum absolute atomic E-state index is 12.5. The number of aromatic nitrogens is 1. The van der Waals surface area contributed by atoms with Crippen LogP contribution in [0.5, 0.6) is 0 Å². The van der Waals surface area contributed by atoms with E-state index in [9.17, 15) is 4.79 Å². The van der Waals surface area contributed by atoms with Crippen molar-refractivity contribution < 1.29 is 4.79 Å². The Morgan fingerprint density at radius 1 is 1.29 bits per heavy atom. The van der Waals surface area contributed by atoms with Gasteiger partial charge in [0.2, 0.25) is 5.91 Å². The van der Waals surface area contributed by atoms with E-state index in [0.717, 1.165) is 25.2 Å². The quantitative estimate of drug-likeness (QED) is 0.872. The van der Waals surface area contributed by atoms with Crippen molar-refractivity contribution in [1.82, 2.24) is 15.2 Å². The summed E-state index contributed by atoms with van der Waals surface area (Å²) in [4.78, 5) is 19.0. The molecule has 0 bridgehead atoms. The summed E-state index contributed by atoms with van der Waals surface area (Å²) < 4.78 is 0. The molecule has 21 heavy (non-hydrogen) atoms. The molecule has 2 aliphatic rings. The summed E-state index contributed by atoms with van der Waals surface area (Å²) in [5.41, 5.74) is 1.01. The SMILES string of the molecule is O=C(CCc1ccccn1)N(CC1CCCCN1)C1CC1. The highest BCUT2D eigenvalue weighted by Gasteiger charge is 2.33. The molecule has 1 atom stereocenters. The van der Waals surface area contributed by atoms with Crippen LogP contribution in [-0.4, -0.2) is 41.0 Å². The summed E-state index contributed by atoms with van der Waals surface area (Å²) in [6.07, 6.45) is 9.26. The predicted molar refractivity (Wildman–Crippen MR) is 82.9 cm³/mol. The minimum atomic E-state index is 0.301. The molecule has 1 aliphatic carbocycles. The Hall–Kier alpha value is -1.42. The fourth-order valence-corrected chi connectivity index (χ4v) is 3.08. The number of nitrogens with one attached hydrogen (secondary N) is 1. The third kappa shape index (κ3) is 4.27. The van der Waals surface area contributed by atoms with Crippen LogP contribution in [0.4, 0.5) is 0 Å². The van der Waals surface area contributed by atoms with E-state index in [1.807, 2.05) is 18.2 Å².